The van der Waals surface area contributed by atoms with Gasteiger partial charge in [-0.3, -0.25) is 4.79 Å². The fraction of sp³-hybridized carbons (Fsp3) is 0.143. The third-order valence-corrected chi connectivity index (χ3v) is 3.20. The molecule has 0 saturated heterocycles. The van der Waals surface area contributed by atoms with E-state index in [1.165, 1.54) is 11.3 Å². The second-order valence-corrected chi connectivity index (χ2v) is 4.59. The lowest BCUT2D eigenvalue weighted by Gasteiger charge is -2.05. The van der Waals surface area contributed by atoms with Gasteiger partial charge in [-0.05, 0) is 30.5 Å². The summed E-state index contributed by atoms with van der Waals surface area (Å²) >= 11 is 1.38. The number of para-hydroxylation sites is 1. The molecule has 1 aromatic heterocycles. The molecule has 19 heavy (non-hydrogen) atoms. The lowest BCUT2D eigenvalue weighted by molar-refractivity contribution is 0.0959. The topological polar surface area (TPSA) is 50.7 Å². The number of ether oxygens (including phenoxy) is 1. The zero-order valence-corrected chi connectivity index (χ0v) is 11.3. The first-order chi connectivity index (χ1) is 9.31. The minimum absolute atomic E-state index is 0.208. The molecule has 1 aromatic carbocycles. The van der Waals surface area contributed by atoms with Gasteiger partial charge < -0.3 is 4.74 Å². The summed E-state index contributed by atoms with van der Waals surface area (Å²) in [6.07, 6.45) is 1.58. The summed E-state index contributed by atoms with van der Waals surface area (Å²) in [5.74, 6) is 0.541. The van der Waals surface area contributed by atoms with Crippen LogP contribution in [0.15, 0.2) is 46.9 Å². The molecule has 0 unspecified atom stereocenters. The number of hydrazone groups is 1. The molecule has 5 heteroatoms. The Morgan fingerprint density at radius 3 is 2.95 bits per heavy atom. The standard InChI is InChI=1S/C14H14N2O2S/c1-2-18-12-7-4-3-6-11(12)10-15-16-14(17)13-8-5-9-19-13/h3-10H,2H2,1H3,(H,16,17)/b15-10-. The molecule has 2 aromatic rings. The van der Waals surface area contributed by atoms with Crippen molar-refractivity contribution < 1.29 is 9.53 Å². The zero-order valence-electron chi connectivity index (χ0n) is 10.5. The van der Waals surface area contributed by atoms with E-state index in [4.69, 9.17) is 4.74 Å². The van der Waals surface area contributed by atoms with Crippen LogP contribution in [0.4, 0.5) is 0 Å². The van der Waals surface area contributed by atoms with Crippen LogP contribution in [-0.2, 0) is 0 Å². The van der Waals surface area contributed by atoms with E-state index in [1.807, 2.05) is 42.6 Å². The minimum atomic E-state index is -0.208. The molecule has 1 heterocycles. The molecular weight excluding hydrogens is 260 g/mol. The van der Waals surface area contributed by atoms with Gasteiger partial charge in [-0.15, -0.1) is 11.3 Å². The quantitative estimate of drug-likeness (QED) is 0.673. The van der Waals surface area contributed by atoms with E-state index >= 15 is 0 Å². The van der Waals surface area contributed by atoms with E-state index < -0.39 is 0 Å². The van der Waals surface area contributed by atoms with Crippen molar-refractivity contribution in [3.8, 4) is 5.75 Å². The Balaban J connectivity index is 2.01. The summed E-state index contributed by atoms with van der Waals surface area (Å²) < 4.78 is 5.46. The van der Waals surface area contributed by atoms with E-state index in [0.29, 0.717) is 11.5 Å². The number of nitrogens with one attached hydrogen (secondary N) is 1. The highest BCUT2D eigenvalue weighted by molar-refractivity contribution is 7.12. The van der Waals surface area contributed by atoms with Crippen LogP contribution in [0.25, 0.3) is 0 Å². The van der Waals surface area contributed by atoms with Crippen LogP contribution < -0.4 is 10.2 Å². The molecule has 98 valence electrons. The average Bonchev–Trinajstić information content (AvgIpc) is 2.95. The number of rotatable bonds is 5. The predicted molar refractivity (Wildman–Crippen MR) is 77.0 cm³/mol. The SMILES string of the molecule is CCOc1ccccc1/C=N\NC(=O)c1cccs1. The van der Waals surface area contributed by atoms with Crippen molar-refractivity contribution in [2.75, 3.05) is 6.61 Å². The van der Waals surface area contributed by atoms with Crippen LogP contribution in [0, 0.1) is 0 Å². The Morgan fingerprint density at radius 2 is 2.21 bits per heavy atom. The Hall–Kier alpha value is -2.14. The predicted octanol–water partition coefficient (Wildman–Crippen LogP) is 2.91. The van der Waals surface area contributed by atoms with E-state index in [2.05, 4.69) is 10.5 Å². The lowest BCUT2D eigenvalue weighted by Crippen LogP contribution is -2.16. The summed E-state index contributed by atoms with van der Waals surface area (Å²) in [5, 5.41) is 5.79. The highest BCUT2D eigenvalue weighted by atomic mass is 32.1. The van der Waals surface area contributed by atoms with Gasteiger partial charge in [0.05, 0.1) is 17.7 Å². The molecule has 0 fully saturated rings. The van der Waals surface area contributed by atoms with Gasteiger partial charge in [-0.25, -0.2) is 5.43 Å². The Kier molecular flexibility index (Phi) is 4.69. The maximum Gasteiger partial charge on any atom is 0.281 e. The normalized spacial score (nSPS) is 10.6. The summed E-state index contributed by atoms with van der Waals surface area (Å²) in [5.41, 5.74) is 3.32. The second kappa shape index (κ2) is 6.70. The Labute approximate surface area is 115 Å². The van der Waals surface area contributed by atoms with Crippen LogP contribution in [-0.4, -0.2) is 18.7 Å². The third-order valence-electron chi connectivity index (χ3n) is 2.33. The summed E-state index contributed by atoms with van der Waals surface area (Å²) in [6, 6.07) is 11.1. The van der Waals surface area contributed by atoms with Crippen LogP contribution in [0.1, 0.15) is 22.2 Å². The number of thiophene rings is 1. The van der Waals surface area contributed by atoms with Crippen molar-refractivity contribution in [1.82, 2.24) is 5.43 Å². The Morgan fingerprint density at radius 1 is 1.37 bits per heavy atom. The number of benzene rings is 1. The van der Waals surface area contributed by atoms with Crippen LogP contribution in [0.5, 0.6) is 5.75 Å². The molecule has 1 N–H and O–H groups in total. The maximum atomic E-state index is 11.7. The van der Waals surface area contributed by atoms with Crippen LogP contribution in [0.3, 0.4) is 0 Å². The van der Waals surface area contributed by atoms with Crippen molar-refractivity contribution in [3.63, 3.8) is 0 Å². The number of carbonyl (C=O) groups is 1. The fourth-order valence-corrected chi connectivity index (χ4v) is 2.11. The number of carbonyl (C=O) groups excluding carboxylic acids is 1. The molecule has 4 nitrogen and oxygen atoms in total. The molecule has 0 spiro atoms. The first-order valence-electron chi connectivity index (χ1n) is 5.90. The number of hydrogen-bond donors (Lipinski definition) is 1. The second-order valence-electron chi connectivity index (χ2n) is 3.65. The summed E-state index contributed by atoms with van der Waals surface area (Å²) in [7, 11) is 0. The first-order valence-corrected chi connectivity index (χ1v) is 6.78. The monoisotopic (exact) mass is 274 g/mol. The van der Waals surface area contributed by atoms with E-state index in [9.17, 15) is 4.79 Å². The number of nitrogens with zero attached hydrogens (tertiary/aromatic N) is 1. The smallest absolute Gasteiger partial charge is 0.281 e. The van der Waals surface area contributed by atoms with Gasteiger partial charge in [0.1, 0.15) is 5.75 Å². The average molecular weight is 274 g/mol. The zero-order chi connectivity index (χ0) is 13.5. The maximum absolute atomic E-state index is 11.7. The summed E-state index contributed by atoms with van der Waals surface area (Å²) in [4.78, 5) is 12.3. The van der Waals surface area contributed by atoms with Crippen molar-refractivity contribution in [1.29, 1.82) is 0 Å². The van der Waals surface area contributed by atoms with Crippen molar-refractivity contribution in [2.45, 2.75) is 6.92 Å². The highest BCUT2D eigenvalue weighted by Crippen LogP contribution is 2.15. The third kappa shape index (κ3) is 3.66. The van der Waals surface area contributed by atoms with Crippen molar-refractivity contribution in [2.24, 2.45) is 5.10 Å². The van der Waals surface area contributed by atoms with E-state index in [1.54, 1.807) is 12.3 Å². The molecule has 0 radical (unpaired) electrons. The molecule has 0 aliphatic carbocycles. The molecule has 0 aliphatic heterocycles. The van der Waals surface area contributed by atoms with Gasteiger partial charge in [0.25, 0.3) is 5.91 Å². The van der Waals surface area contributed by atoms with Gasteiger partial charge >= 0.3 is 0 Å². The fourth-order valence-electron chi connectivity index (χ4n) is 1.50. The van der Waals surface area contributed by atoms with Gasteiger partial charge in [-0.1, -0.05) is 18.2 Å². The highest BCUT2D eigenvalue weighted by Gasteiger charge is 2.04. The van der Waals surface area contributed by atoms with Crippen molar-refractivity contribution >= 4 is 23.5 Å². The van der Waals surface area contributed by atoms with Gasteiger partial charge in [-0.2, -0.15) is 5.10 Å². The number of hydrogen-bond acceptors (Lipinski definition) is 4. The molecule has 0 atom stereocenters. The van der Waals surface area contributed by atoms with E-state index in [-0.39, 0.29) is 5.91 Å². The lowest BCUT2D eigenvalue weighted by atomic mass is 10.2. The first kappa shape index (κ1) is 13.3. The molecule has 2 rings (SSSR count). The van der Waals surface area contributed by atoms with E-state index in [0.717, 1.165) is 11.3 Å². The minimum Gasteiger partial charge on any atom is -0.493 e. The van der Waals surface area contributed by atoms with Crippen molar-refractivity contribution in [3.05, 3.63) is 52.2 Å². The van der Waals surface area contributed by atoms with Gasteiger partial charge in [0, 0.05) is 5.56 Å². The molecule has 0 saturated carbocycles. The summed E-state index contributed by atoms with van der Waals surface area (Å²) in [6.45, 7) is 2.51. The van der Waals surface area contributed by atoms with Gasteiger partial charge in [0.2, 0.25) is 0 Å². The molecule has 1 amide bonds. The van der Waals surface area contributed by atoms with Crippen LogP contribution in [0.2, 0.25) is 0 Å². The van der Waals surface area contributed by atoms with Crippen LogP contribution >= 0.6 is 11.3 Å². The van der Waals surface area contributed by atoms with Gasteiger partial charge in [0.15, 0.2) is 0 Å². The Bertz CT molecular complexity index is 565. The molecule has 0 bridgehead atoms. The molecular formula is C14H14N2O2S. The molecule has 0 aliphatic rings. The number of amides is 1. The largest absolute Gasteiger partial charge is 0.493 e.